The molecule has 0 unspecified atom stereocenters. The number of aromatic hydroxyl groups is 1. The van der Waals surface area contributed by atoms with Crippen LogP contribution in [0.3, 0.4) is 0 Å². The molecule has 6 rings (SSSR count). The smallest absolute Gasteiger partial charge is 0.263 e. The van der Waals surface area contributed by atoms with Gasteiger partial charge in [-0.2, -0.15) is 0 Å². The summed E-state index contributed by atoms with van der Waals surface area (Å²) in [5, 5.41) is 11.2. The second-order valence-electron chi connectivity index (χ2n) is 10.2. The largest absolute Gasteiger partial charge is 0.508 e. The Labute approximate surface area is 229 Å². The van der Waals surface area contributed by atoms with E-state index < -0.39 is 0 Å². The number of phenols is 1. The second-order valence-corrected chi connectivity index (χ2v) is 11.7. The summed E-state index contributed by atoms with van der Waals surface area (Å²) in [6.45, 7) is 5.21. The van der Waals surface area contributed by atoms with E-state index in [1.165, 1.54) is 22.7 Å². The van der Waals surface area contributed by atoms with Gasteiger partial charge in [0.2, 0.25) is 0 Å². The summed E-state index contributed by atoms with van der Waals surface area (Å²) in [6, 6.07) is 10.4. The van der Waals surface area contributed by atoms with Gasteiger partial charge in [0.25, 0.3) is 5.56 Å². The van der Waals surface area contributed by atoms with Crippen LogP contribution >= 0.6 is 23.4 Å². The minimum absolute atomic E-state index is 0.149. The van der Waals surface area contributed by atoms with Crippen LogP contribution in [0.5, 0.6) is 5.75 Å². The van der Waals surface area contributed by atoms with E-state index in [1.54, 1.807) is 30.5 Å². The molecule has 2 aliphatic heterocycles. The molecule has 4 heterocycles. The highest BCUT2D eigenvalue weighted by Crippen LogP contribution is 2.42. The standard InChI is InChI=1S/C28H28ClN5O3S/c1-18-12-28(16-37-18)7-9-33(10-8-28)23-13-31-24(14-30-23)38-22-6-5-21-25(26(22)29)27(36)34(17-32-21)15-19-3-2-4-20(35)11-19/h2-6,11,13-14,17-18,35H,7-10,12,15-16H2,1H3/t18-/m0/s1. The van der Waals surface area contributed by atoms with Crippen molar-refractivity contribution in [3.8, 4) is 5.75 Å². The molecule has 0 bridgehead atoms. The quantitative estimate of drug-likeness (QED) is 0.366. The van der Waals surface area contributed by atoms with Crippen LogP contribution in [0.25, 0.3) is 10.9 Å². The Kier molecular flexibility index (Phi) is 6.75. The molecule has 2 saturated heterocycles. The first-order chi connectivity index (χ1) is 18.4. The van der Waals surface area contributed by atoms with Gasteiger partial charge in [0, 0.05) is 18.0 Å². The first-order valence-electron chi connectivity index (χ1n) is 12.7. The number of aromatic nitrogens is 4. The van der Waals surface area contributed by atoms with Crippen LogP contribution in [0.2, 0.25) is 5.02 Å². The molecule has 2 aromatic heterocycles. The molecule has 0 saturated carbocycles. The highest BCUT2D eigenvalue weighted by molar-refractivity contribution is 7.99. The maximum Gasteiger partial charge on any atom is 0.263 e. The Balaban J connectivity index is 1.19. The van der Waals surface area contributed by atoms with Gasteiger partial charge in [-0.3, -0.25) is 9.36 Å². The fourth-order valence-electron chi connectivity index (χ4n) is 5.47. The van der Waals surface area contributed by atoms with E-state index in [-0.39, 0.29) is 17.9 Å². The zero-order chi connectivity index (χ0) is 26.3. The summed E-state index contributed by atoms with van der Waals surface area (Å²) in [7, 11) is 0. The third-order valence-corrected chi connectivity index (χ3v) is 9.02. The number of hydrogen-bond acceptors (Lipinski definition) is 8. The van der Waals surface area contributed by atoms with Gasteiger partial charge in [-0.15, -0.1) is 0 Å². The predicted octanol–water partition coefficient (Wildman–Crippen LogP) is 5.14. The van der Waals surface area contributed by atoms with E-state index in [2.05, 4.69) is 26.8 Å². The van der Waals surface area contributed by atoms with Crippen molar-refractivity contribution in [3.63, 3.8) is 0 Å². The second kappa shape index (κ2) is 10.2. The summed E-state index contributed by atoms with van der Waals surface area (Å²) in [4.78, 5) is 30.0. The lowest BCUT2D eigenvalue weighted by Gasteiger charge is -2.38. The summed E-state index contributed by atoms with van der Waals surface area (Å²) in [6.07, 6.45) is 8.80. The maximum absolute atomic E-state index is 13.3. The summed E-state index contributed by atoms with van der Waals surface area (Å²) >= 11 is 8.11. The van der Waals surface area contributed by atoms with Crippen LogP contribution in [0, 0.1) is 5.41 Å². The lowest BCUT2D eigenvalue weighted by molar-refractivity contribution is 0.0976. The summed E-state index contributed by atoms with van der Waals surface area (Å²) in [5.41, 5.74) is 1.41. The van der Waals surface area contributed by atoms with Gasteiger partial charge in [-0.1, -0.05) is 35.5 Å². The third-order valence-electron chi connectivity index (χ3n) is 7.53. The molecule has 38 heavy (non-hydrogen) atoms. The minimum Gasteiger partial charge on any atom is -0.508 e. The zero-order valence-corrected chi connectivity index (χ0v) is 22.6. The molecule has 2 fully saturated rings. The lowest BCUT2D eigenvalue weighted by atomic mass is 9.77. The molecule has 2 aromatic carbocycles. The molecule has 8 nitrogen and oxygen atoms in total. The van der Waals surface area contributed by atoms with E-state index in [9.17, 15) is 9.90 Å². The zero-order valence-electron chi connectivity index (χ0n) is 21.0. The Morgan fingerprint density at radius 2 is 2.00 bits per heavy atom. The lowest BCUT2D eigenvalue weighted by Crippen LogP contribution is -2.41. The van der Waals surface area contributed by atoms with E-state index in [0.717, 1.165) is 50.3 Å². The van der Waals surface area contributed by atoms with Gasteiger partial charge >= 0.3 is 0 Å². The van der Waals surface area contributed by atoms with Crippen molar-refractivity contribution in [3.05, 3.63) is 76.1 Å². The number of piperidine rings is 1. The average molecular weight is 550 g/mol. The normalized spacial score (nSPS) is 18.9. The van der Waals surface area contributed by atoms with Crippen molar-refractivity contribution in [2.75, 3.05) is 24.6 Å². The number of halogens is 1. The van der Waals surface area contributed by atoms with Crippen LogP contribution < -0.4 is 10.5 Å². The topological polar surface area (TPSA) is 93.4 Å². The minimum atomic E-state index is -0.239. The Hall–Kier alpha value is -3.14. The van der Waals surface area contributed by atoms with Crippen molar-refractivity contribution in [1.29, 1.82) is 0 Å². The number of fused-ring (bicyclic) bond motifs is 1. The molecule has 0 radical (unpaired) electrons. The molecule has 10 heteroatoms. The van der Waals surface area contributed by atoms with E-state index in [1.807, 2.05) is 18.3 Å². The Bertz CT molecular complexity index is 1540. The summed E-state index contributed by atoms with van der Waals surface area (Å²) < 4.78 is 7.34. The molecule has 2 aliphatic rings. The van der Waals surface area contributed by atoms with Crippen LogP contribution in [0.15, 0.2) is 69.8 Å². The molecular weight excluding hydrogens is 522 g/mol. The molecule has 196 valence electrons. The number of ether oxygens (including phenoxy) is 1. The highest BCUT2D eigenvalue weighted by atomic mass is 35.5. The fourth-order valence-corrected chi connectivity index (χ4v) is 6.59. The molecule has 4 aromatic rings. The van der Waals surface area contributed by atoms with E-state index >= 15 is 0 Å². The first-order valence-corrected chi connectivity index (χ1v) is 13.9. The van der Waals surface area contributed by atoms with Crippen molar-refractivity contribution in [2.24, 2.45) is 5.41 Å². The van der Waals surface area contributed by atoms with E-state index in [4.69, 9.17) is 16.3 Å². The van der Waals surface area contributed by atoms with Gasteiger partial charge < -0.3 is 14.7 Å². The highest BCUT2D eigenvalue weighted by Gasteiger charge is 2.41. The number of rotatable bonds is 5. The van der Waals surface area contributed by atoms with Crippen LogP contribution in [0.1, 0.15) is 31.7 Å². The van der Waals surface area contributed by atoms with Crippen molar-refractivity contribution in [1.82, 2.24) is 19.5 Å². The average Bonchev–Trinajstić information content (AvgIpc) is 3.28. The number of benzene rings is 2. The van der Waals surface area contributed by atoms with Gasteiger partial charge in [0.1, 0.15) is 16.6 Å². The summed E-state index contributed by atoms with van der Waals surface area (Å²) in [5.74, 6) is 1.02. The molecular formula is C28H28ClN5O3S. The Morgan fingerprint density at radius 1 is 1.16 bits per heavy atom. The van der Waals surface area contributed by atoms with Gasteiger partial charge in [-0.25, -0.2) is 15.0 Å². The van der Waals surface area contributed by atoms with Gasteiger partial charge in [0.05, 0.1) is 53.9 Å². The van der Waals surface area contributed by atoms with Crippen molar-refractivity contribution < 1.29 is 9.84 Å². The maximum atomic E-state index is 13.3. The van der Waals surface area contributed by atoms with Crippen molar-refractivity contribution in [2.45, 2.75) is 48.8 Å². The van der Waals surface area contributed by atoms with Crippen LogP contribution in [-0.2, 0) is 11.3 Å². The molecule has 0 aliphatic carbocycles. The number of nitrogens with zero attached hydrogens (tertiary/aromatic N) is 5. The molecule has 0 amide bonds. The van der Waals surface area contributed by atoms with Gasteiger partial charge in [-0.05, 0) is 61.4 Å². The van der Waals surface area contributed by atoms with Crippen LogP contribution in [0.4, 0.5) is 5.82 Å². The van der Waals surface area contributed by atoms with Gasteiger partial charge in [0.15, 0.2) is 0 Å². The fraction of sp³-hybridized carbons (Fsp3) is 0.357. The number of phenolic OH excluding ortho intramolecular Hbond substituents is 1. The third kappa shape index (κ3) is 4.98. The molecule has 1 spiro atoms. The number of anilines is 1. The van der Waals surface area contributed by atoms with Crippen molar-refractivity contribution >= 4 is 40.1 Å². The van der Waals surface area contributed by atoms with E-state index in [0.29, 0.717) is 37.4 Å². The number of hydrogen-bond donors (Lipinski definition) is 1. The first kappa shape index (κ1) is 25.2. The SMILES string of the molecule is C[C@H]1CC2(CCN(c3cnc(Sc4ccc5ncn(Cc6cccc(O)c6)c(=O)c5c4Cl)cn3)CC2)CO1. The predicted molar refractivity (Wildman–Crippen MR) is 148 cm³/mol. The molecule has 1 N–H and O–H groups in total. The van der Waals surface area contributed by atoms with Crippen LogP contribution in [-0.4, -0.2) is 50.4 Å². The molecule has 1 atom stereocenters. The monoisotopic (exact) mass is 549 g/mol. The Morgan fingerprint density at radius 3 is 2.71 bits per heavy atom.